The Kier molecular flexibility index (Phi) is 6.90. The molecule has 9 nitrogen and oxygen atoms in total. The minimum atomic E-state index is -1.36. The molecule has 0 saturated carbocycles. The molecule has 2 fully saturated rings. The van der Waals surface area contributed by atoms with E-state index < -0.39 is 23.9 Å². The summed E-state index contributed by atoms with van der Waals surface area (Å²) in [5.74, 6) is -3.05. The van der Waals surface area contributed by atoms with Crippen LogP contribution in [-0.2, 0) is 9.59 Å². The first-order valence-corrected chi connectivity index (χ1v) is 11.1. The predicted molar refractivity (Wildman–Crippen MR) is 106 cm³/mol. The molecule has 3 N–H and O–H groups in total. The molecular weight excluding hydrogens is 439 g/mol. The van der Waals surface area contributed by atoms with Crippen LogP contribution in [0.5, 0.6) is 0 Å². The summed E-state index contributed by atoms with van der Waals surface area (Å²) in [6, 6.07) is -0.340. The third-order valence-corrected chi connectivity index (χ3v) is 8.19. The molecule has 4 heterocycles. The van der Waals surface area contributed by atoms with Crippen LogP contribution in [0.3, 0.4) is 0 Å². The van der Waals surface area contributed by atoms with Crippen molar-refractivity contribution >= 4 is 46.0 Å². The van der Waals surface area contributed by atoms with Crippen molar-refractivity contribution in [3.8, 4) is 0 Å². The van der Waals surface area contributed by atoms with Crippen LogP contribution in [0.25, 0.3) is 0 Å². The van der Waals surface area contributed by atoms with Gasteiger partial charge in [0.05, 0.1) is 29.7 Å². The van der Waals surface area contributed by atoms with Crippen LogP contribution in [0, 0.1) is 11.8 Å². The number of carbonyl (C=O) groups is 3. The van der Waals surface area contributed by atoms with Gasteiger partial charge in [0.25, 0.3) is 5.91 Å². The zero-order valence-electron chi connectivity index (χ0n) is 16.9. The fourth-order valence-electron chi connectivity index (χ4n) is 4.37. The summed E-state index contributed by atoms with van der Waals surface area (Å²) in [7, 11) is 0. The van der Waals surface area contributed by atoms with E-state index in [9.17, 15) is 24.6 Å². The molecule has 2 saturated heterocycles. The number of hydrogen-bond acceptors (Lipinski definition) is 9. The van der Waals surface area contributed by atoms with E-state index in [1.165, 1.54) is 28.0 Å². The second-order valence-corrected chi connectivity index (χ2v) is 9.79. The topological polar surface area (TPSA) is 140 Å². The maximum atomic E-state index is 12.4. The van der Waals surface area contributed by atoms with Crippen molar-refractivity contribution < 1.29 is 54.2 Å². The average molecular weight is 461 g/mol. The van der Waals surface area contributed by atoms with E-state index in [0.717, 1.165) is 13.0 Å². The molecule has 1 aromatic heterocycles. The summed E-state index contributed by atoms with van der Waals surface area (Å²) in [5.41, 5.74) is 5.44. The standard InChI is InChI=1S/C18H22N4O5S2.Na/c1-7-12-11(8(2)23)16(25)22(12)13(17(26)27)14(7)29-9-3-4-21(5-9)18-20-10(6-28-18)15(19)24;/h6-9,11-12,23H,3-5H2,1-2H3,(H2,19,24)(H,26,27);/q;+1/p-1/t7-,8-,9-,11-,12-;/m1./s1. The molecule has 4 rings (SSSR count). The van der Waals surface area contributed by atoms with Gasteiger partial charge in [-0.25, -0.2) is 4.98 Å². The summed E-state index contributed by atoms with van der Waals surface area (Å²) in [6.07, 6.45) is -0.0182. The van der Waals surface area contributed by atoms with Crippen molar-refractivity contribution in [3.63, 3.8) is 0 Å². The molecule has 2 amide bonds. The van der Waals surface area contributed by atoms with Gasteiger partial charge >= 0.3 is 29.6 Å². The van der Waals surface area contributed by atoms with Crippen molar-refractivity contribution in [3.05, 3.63) is 21.7 Å². The first-order valence-electron chi connectivity index (χ1n) is 9.34. The number of aromatic nitrogens is 1. The Hall–Kier alpha value is -1.11. The van der Waals surface area contributed by atoms with Crippen LogP contribution in [0.4, 0.5) is 5.13 Å². The Balaban J connectivity index is 0.00000256. The van der Waals surface area contributed by atoms with Gasteiger partial charge in [-0.1, -0.05) is 6.92 Å². The van der Waals surface area contributed by atoms with Crippen LogP contribution in [0.1, 0.15) is 30.8 Å². The molecule has 0 radical (unpaired) electrons. The fourth-order valence-corrected chi connectivity index (χ4v) is 6.71. The Morgan fingerprint density at radius 3 is 2.73 bits per heavy atom. The first kappa shape index (κ1) is 23.6. The van der Waals surface area contributed by atoms with Crippen molar-refractivity contribution in [2.24, 2.45) is 17.6 Å². The number of rotatable bonds is 6. The zero-order chi connectivity index (χ0) is 21.0. The third kappa shape index (κ3) is 3.80. The molecule has 0 unspecified atom stereocenters. The SMILES string of the molecule is C[C@@H](O)[C@H]1C(=O)N2C(C(=O)[O-])=C(S[C@@H]3CCN(c4nc(C(N)=O)cs4)C3)[C@H](C)[C@H]12.[Na+]. The number of hydrogen-bond donors (Lipinski definition) is 2. The molecule has 30 heavy (non-hydrogen) atoms. The summed E-state index contributed by atoms with van der Waals surface area (Å²) in [4.78, 5) is 43.7. The van der Waals surface area contributed by atoms with Gasteiger partial charge in [0.1, 0.15) is 5.69 Å². The van der Waals surface area contributed by atoms with Crippen molar-refractivity contribution in [2.75, 3.05) is 18.0 Å². The van der Waals surface area contributed by atoms with Crippen molar-refractivity contribution in [1.82, 2.24) is 9.88 Å². The van der Waals surface area contributed by atoms with Crippen molar-refractivity contribution in [1.29, 1.82) is 0 Å². The van der Waals surface area contributed by atoms with Gasteiger partial charge in [-0.05, 0) is 13.3 Å². The van der Waals surface area contributed by atoms with E-state index in [1.807, 2.05) is 11.8 Å². The predicted octanol–water partition coefficient (Wildman–Crippen LogP) is -3.62. The van der Waals surface area contributed by atoms with E-state index in [0.29, 0.717) is 16.6 Å². The Morgan fingerprint density at radius 2 is 2.17 bits per heavy atom. The largest absolute Gasteiger partial charge is 1.00 e. The number of thiazole rings is 1. The number of carbonyl (C=O) groups excluding carboxylic acids is 3. The number of anilines is 1. The summed E-state index contributed by atoms with van der Waals surface area (Å²) >= 11 is 2.81. The summed E-state index contributed by atoms with van der Waals surface area (Å²) in [6.45, 7) is 4.82. The van der Waals surface area contributed by atoms with Gasteiger partial charge in [0.15, 0.2) is 5.13 Å². The Morgan fingerprint density at radius 1 is 1.47 bits per heavy atom. The second-order valence-electron chi connectivity index (χ2n) is 7.61. The Labute approximate surface area is 204 Å². The molecule has 0 aliphatic carbocycles. The fraction of sp³-hybridized carbons (Fsp3) is 0.556. The van der Waals surface area contributed by atoms with Crippen LogP contribution in [0.15, 0.2) is 16.0 Å². The van der Waals surface area contributed by atoms with Gasteiger partial charge in [0.2, 0.25) is 5.91 Å². The van der Waals surface area contributed by atoms with Gasteiger partial charge in [-0.3, -0.25) is 9.59 Å². The van der Waals surface area contributed by atoms with Crippen LogP contribution in [0.2, 0.25) is 0 Å². The minimum absolute atomic E-state index is 0. The first-order chi connectivity index (χ1) is 13.7. The minimum Gasteiger partial charge on any atom is -0.543 e. The van der Waals surface area contributed by atoms with Crippen LogP contribution in [-0.4, -0.2) is 63.3 Å². The van der Waals surface area contributed by atoms with Gasteiger partial charge in [-0.15, -0.1) is 23.1 Å². The molecule has 0 aromatic carbocycles. The maximum Gasteiger partial charge on any atom is 1.00 e. The quantitative estimate of drug-likeness (QED) is 0.328. The molecule has 12 heteroatoms. The number of β-lactam (4-membered cyclic amide) rings is 1. The van der Waals surface area contributed by atoms with E-state index in [2.05, 4.69) is 4.98 Å². The zero-order valence-corrected chi connectivity index (χ0v) is 20.5. The molecule has 0 spiro atoms. The average Bonchev–Trinajstić information content (AvgIpc) is 3.33. The second kappa shape index (κ2) is 8.79. The molecule has 5 atom stereocenters. The van der Waals surface area contributed by atoms with Gasteiger partial charge < -0.3 is 30.5 Å². The monoisotopic (exact) mass is 460 g/mol. The number of amides is 2. The van der Waals surface area contributed by atoms with E-state index in [4.69, 9.17) is 5.73 Å². The Bertz CT molecular complexity index is 920. The van der Waals surface area contributed by atoms with Gasteiger partial charge in [-0.2, -0.15) is 0 Å². The van der Waals surface area contributed by atoms with Crippen molar-refractivity contribution in [2.45, 2.75) is 37.7 Å². The molecule has 3 aliphatic rings. The number of primary amides is 1. The van der Waals surface area contributed by atoms with Crippen LogP contribution < -0.4 is 45.3 Å². The molecular formula is C18H21N4NaO5S2. The number of carboxylic acids is 1. The normalized spacial score (nSPS) is 28.8. The smallest absolute Gasteiger partial charge is 0.543 e. The summed E-state index contributed by atoms with van der Waals surface area (Å²) < 4.78 is 0. The number of fused-ring (bicyclic) bond motifs is 1. The number of aliphatic hydroxyl groups is 1. The molecule has 156 valence electrons. The molecule has 1 aromatic rings. The number of nitrogens with two attached hydrogens (primary N) is 1. The third-order valence-electron chi connectivity index (χ3n) is 5.76. The van der Waals surface area contributed by atoms with E-state index in [1.54, 1.807) is 12.3 Å². The number of aliphatic hydroxyl groups excluding tert-OH is 1. The number of thioether (sulfide) groups is 1. The molecule has 3 aliphatic heterocycles. The summed E-state index contributed by atoms with van der Waals surface area (Å²) in [5, 5.41) is 24.2. The van der Waals surface area contributed by atoms with Gasteiger partial charge in [0, 0.05) is 34.5 Å². The van der Waals surface area contributed by atoms with Crippen LogP contribution >= 0.6 is 23.1 Å². The maximum absolute atomic E-state index is 12.4. The van der Waals surface area contributed by atoms with E-state index in [-0.39, 0.29) is 64.1 Å². The van der Waals surface area contributed by atoms with E-state index >= 15 is 0 Å². The number of aliphatic carboxylic acids is 1. The number of carboxylic acid groups (broad SMARTS) is 1. The molecule has 0 bridgehead atoms. The number of nitrogens with zero attached hydrogens (tertiary/aromatic N) is 3.